The number of carboxylic acid groups (broad SMARTS) is 1. The molecule has 0 bridgehead atoms. The van der Waals surface area contributed by atoms with Crippen molar-refractivity contribution >= 4 is 11.9 Å². The molecule has 0 fully saturated rings. The van der Waals surface area contributed by atoms with Gasteiger partial charge in [-0.3, -0.25) is 4.79 Å². The number of aliphatic carboxylic acids is 1. The minimum absolute atomic E-state index is 0.104. The van der Waals surface area contributed by atoms with E-state index in [0.29, 0.717) is 12.8 Å². The third-order valence-corrected chi connectivity index (χ3v) is 4.09. The summed E-state index contributed by atoms with van der Waals surface area (Å²) < 4.78 is 1.76. The van der Waals surface area contributed by atoms with E-state index in [1.807, 2.05) is 50.4 Å². The van der Waals surface area contributed by atoms with E-state index in [1.165, 1.54) is 0 Å². The van der Waals surface area contributed by atoms with Gasteiger partial charge in [-0.05, 0) is 30.0 Å². The molecule has 0 aliphatic heterocycles. The van der Waals surface area contributed by atoms with Crippen LogP contribution >= 0.6 is 0 Å². The van der Waals surface area contributed by atoms with E-state index in [2.05, 4.69) is 10.4 Å². The molecule has 0 radical (unpaired) electrons. The summed E-state index contributed by atoms with van der Waals surface area (Å²) in [4.78, 5) is 23.3. The Hall–Kier alpha value is -2.63. The molecule has 0 saturated carbocycles. The summed E-state index contributed by atoms with van der Waals surface area (Å²) in [7, 11) is 0. The SMILES string of the molecule is CCC(C)C(NC(=O)CCc1cnn(-c2ccccc2)c1)C(=O)O. The zero-order chi connectivity index (χ0) is 17.5. The van der Waals surface area contributed by atoms with Crippen LogP contribution in [0.15, 0.2) is 42.7 Å². The average Bonchev–Trinajstić information content (AvgIpc) is 3.06. The van der Waals surface area contributed by atoms with E-state index in [0.717, 1.165) is 11.3 Å². The standard InChI is InChI=1S/C18H23N3O3/c1-3-13(2)17(18(23)24)20-16(22)10-9-14-11-19-21(12-14)15-7-5-4-6-8-15/h4-8,11-13,17H,3,9-10H2,1-2H3,(H,20,22)(H,23,24). The minimum atomic E-state index is -0.991. The second kappa shape index (κ2) is 8.29. The van der Waals surface area contributed by atoms with Gasteiger partial charge < -0.3 is 10.4 Å². The molecule has 0 saturated heterocycles. The Morgan fingerprint density at radius 2 is 2.00 bits per heavy atom. The van der Waals surface area contributed by atoms with Crippen LogP contribution in [0.1, 0.15) is 32.3 Å². The highest BCUT2D eigenvalue weighted by Gasteiger charge is 2.24. The largest absolute Gasteiger partial charge is 0.480 e. The first-order valence-electron chi connectivity index (χ1n) is 8.12. The van der Waals surface area contributed by atoms with Gasteiger partial charge in [0.2, 0.25) is 5.91 Å². The number of amides is 1. The summed E-state index contributed by atoms with van der Waals surface area (Å²) in [6, 6.07) is 8.87. The van der Waals surface area contributed by atoms with Crippen molar-refractivity contribution in [2.24, 2.45) is 5.92 Å². The normalized spacial score (nSPS) is 13.2. The monoisotopic (exact) mass is 329 g/mol. The fraction of sp³-hybridized carbons (Fsp3) is 0.389. The number of carbonyl (C=O) groups is 2. The number of carbonyl (C=O) groups excluding carboxylic acids is 1. The Balaban J connectivity index is 1.90. The van der Waals surface area contributed by atoms with E-state index >= 15 is 0 Å². The molecule has 0 spiro atoms. The topological polar surface area (TPSA) is 84.2 Å². The Morgan fingerprint density at radius 1 is 1.29 bits per heavy atom. The van der Waals surface area contributed by atoms with Gasteiger partial charge in [-0.2, -0.15) is 5.10 Å². The number of aromatic nitrogens is 2. The zero-order valence-electron chi connectivity index (χ0n) is 14.0. The summed E-state index contributed by atoms with van der Waals surface area (Å²) in [6.07, 6.45) is 5.06. The number of rotatable bonds is 8. The molecule has 0 aliphatic rings. The lowest BCUT2D eigenvalue weighted by Crippen LogP contribution is -2.45. The van der Waals surface area contributed by atoms with Crippen molar-refractivity contribution in [1.29, 1.82) is 0 Å². The molecular weight excluding hydrogens is 306 g/mol. The van der Waals surface area contributed by atoms with Crippen molar-refractivity contribution in [2.75, 3.05) is 0 Å². The number of hydrogen-bond acceptors (Lipinski definition) is 3. The lowest BCUT2D eigenvalue weighted by atomic mass is 9.99. The quantitative estimate of drug-likeness (QED) is 0.779. The summed E-state index contributed by atoms with van der Waals surface area (Å²) in [5.74, 6) is -1.35. The number of nitrogens with zero attached hydrogens (tertiary/aromatic N) is 2. The number of aryl methyl sites for hydroxylation is 1. The van der Waals surface area contributed by atoms with Crippen LogP contribution in [0.3, 0.4) is 0 Å². The highest BCUT2D eigenvalue weighted by molar-refractivity contribution is 5.83. The molecule has 1 aromatic carbocycles. The van der Waals surface area contributed by atoms with Crippen LogP contribution in [0, 0.1) is 5.92 Å². The zero-order valence-corrected chi connectivity index (χ0v) is 14.0. The summed E-state index contributed by atoms with van der Waals surface area (Å²) in [5.41, 5.74) is 1.89. The molecule has 2 aromatic rings. The van der Waals surface area contributed by atoms with Crippen molar-refractivity contribution < 1.29 is 14.7 Å². The van der Waals surface area contributed by atoms with Gasteiger partial charge in [0.25, 0.3) is 0 Å². The maximum absolute atomic E-state index is 12.0. The fourth-order valence-electron chi connectivity index (χ4n) is 2.40. The Morgan fingerprint density at radius 3 is 2.62 bits per heavy atom. The van der Waals surface area contributed by atoms with Crippen molar-refractivity contribution in [3.05, 3.63) is 48.3 Å². The molecule has 1 aromatic heterocycles. The van der Waals surface area contributed by atoms with Crippen LogP contribution in [0.25, 0.3) is 5.69 Å². The van der Waals surface area contributed by atoms with E-state index in [4.69, 9.17) is 0 Å². The Bertz CT molecular complexity index is 682. The van der Waals surface area contributed by atoms with Crippen molar-refractivity contribution in [3.8, 4) is 5.69 Å². The predicted molar refractivity (Wildman–Crippen MR) is 90.9 cm³/mol. The second-order valence-electron chi connectivity index (χ2n) is 5.90. The highest BCUT2D eigenvalue weighted by atomic mass is 16.4. The molecule has 6 heteroatoms. The smallest absolute Gasteiger partial charge is 0.326 e. The van der Waals surface area contributed by atoms with Gasteiger partial charge >= 0.3 is 5.97 Å². The van der Waals surface area contributed by atoms with Gasteiger partial charge in [-0.25, -0.2) is 9.48 Å². The third-order valence-electron chi connectivity index (χ3n) is 4.09. The lowest BCUT2D eigenvalue weighted by Gasteiger charge is -2.20. The molecular formula is C18H23N3O3. The number of nitrogens with one attached hydrogen (secondary N) is 1. The first-order chi connectivity index (χ1) is 11.5. The number of hydrogen-bond donors (Lipinski definition) is 2. The molecule has 0 aliphatic carbocycles. The molecule has 128 valence electrons. The first kappa shape index (κ1) is 17.7. The van der Waals surface area contributed by atoms with Crippen molar-refractivity contribution in [3.63, 3.8) is 0 Å². The molecule has 2 N–H and O–H groups in total. The molecule has 6 nitrogen and oxygen atoms in total. The van der Waals surface area contributed by atoms with Crippen LogP contribution in [-0.4, -0.2) is 32.8 Å². The van der Waals surface area contributed by atoms with Crippen LogP contribution in [0.4, 0.5) is 0 Å². The maximum atomic E-state index is 12.0. The molecule has 24 heavy (non-hydrogen) atoms. The van der Waals surface area contributed by atoms with Crippen LogP contribution in [0.5, 0.6) is 0 Å². The predicted octanol–water partition coefficient (Wildman–Crippen LogP) is 2.42. The van der Waals surface area contributed by atoms with Gasteiger partial charge in [0.1, 0.15) is 6.04 Å². The number of para-hydroxylation sites is 1. The molecule has 1 heterocycles. The summed E-state index contributed by atoms with van der Waals surface area (Å²) >= 11 is 0. The lowest BCUT2D eigenvalue weighted by molar-refractivity contribution is -0.143. The highest BCUT2D eigenvalue weighted by Crippen LogP contribution is 2.11. The van der Waals surface area contributed by atoms with Gasteiger partial charge in [0.15, 0.2) is 0 Å². The molecule has 2 atom stereocenters. The number of carboxylic acids is 1. The average molecular weight is 329 g/mol. The fourth-order valence-corrected chi connectivity index (χ4v) is 2.40. The minimum Gasteiger partial charge on any atom is -0.480 e. The molecule has 2 rings (SSSR count). The molecule has 1 amide bonds. The van der Waals surface area contributed by atoms with Crippen LogP contribution < -0.4 is 5.32 Å². The van der Waals surface area contributed by atoms with E-state index in [1.54, 1.807) is 10.9 Å². The van der Waals surface area contributed by atoms with Gasteiger partial charge in [-0.15, -0.1) is 0 Å². The third kappa shape index (κ3) is 4.68. The van der Waals surface area contributed by atoms with Crippen molar-refractivity contribution in [2.45, 2.75) is 39.2 Å². The van der Waals surface area contributed by atoms with Crippen LogP contribution in [0.2, 0.25) is 0 Å². The Labute approximate surface area is 141 Å². The second-order valence-corrected chi connectivity index (χ2v) is 5.90. The summed E-state index contributed by atoms with van der Waals surface area (Å²) in [6.45, 7) is 3.73. The van der Waals surface area contributed by atoms with E-state index in [-0.39, 0.29) is 18.2 Å². The molecule has 2 unspecified atom stereocenters. The van der Waals surface area contributed by atoms with Gasteiger partial charge in [0, 0.05) is 12.6 Å². The van der Waals surface area contributed by atoms with E-state index < -0.39 is 12.0 Å². The Kier molecular flexibility index (Phi) is 6.12. The number of benzene rings is 1. The van der Waals surface area contributed by atoms with Crippen molar-refractivity contribution in [1.82, 2.24) is 15.1 Å². The van der Waals surface area contributed by atoms with E-state index in [9.17, 15) is 14.7 Å². The maximum Gasteiger partial charge on any atom is 0.326 e. The first-order valence-corrected chi connectivity index (χ1v) is 8.12. The van der Waals surface area contributed by atoms with Crippen LogP contribution in [-0.2, 0) is 16.0 Å². The summed E-state index contributed by atoms with van der Waals surface area (Å²) in [5, 5.41) is 16.1. The van der Waals surface area contributed by atoms with Gasteiger partial charge in [0.05, 0.1) is 11.9 Å². The van der Waals surface area contributed by atoms with Gasteiger partial charge in [-0.1, -0.05) is 38.5 Å².